The van der Waals surface area contributed by atoms with Crippen molar-refractivity contribution in [3.8, 4) is 5.82 Å². The van der Waals surface area contributed by atoms with Gasteiger partial charge in [-0.25, -0.2) is 19.6 Å². The van der Waals surface area contributed by atoms with Gasteiger partial charge in [-0.1, -0.05) is 20.8 Å². The van der Waals surface area contributed by atoms with Crippen LogP contribution in [0.15, 0.2) is 23.3 Å². The lowest BCUT2D eigenvalue weighted by atomic mass is 9.96. The first-order valence-electron chi connectivity index (χ1n) is 4.87. The minimum atomic E-state index is -0.0981. The van der Waals surface area contributed by atoms with E-state index in [-0.39, 0.29) is 5.41 Å². The molecule has 2 rings (SSSR count). The Bertz CT molecular complexity index is 486. The smallest absolute Gasteiger partial charge is 0.160 e. The van der Waals surface area contributed by atoms with Crippen LogP contribution < -0.4 is 0 Å². The fourth-order valence-electron chi connectivity index (χ4n) is 1.19. The van der Waals surface area contributed by atoms with Crippen molar-refractivity contribution in [3.05, 3.63) is 29.1 Å². The largest absolute Gasteiger partial charge is 0.225 e. The number of halogens is 1. The molecule has 5 nitrogen and oxygen atoms in total. The van der Waals surface area contributed by atoms with Gasteiger partial charge >= 0.3 is 0 Å². The molecule has 16 heavy (non-hydrogen) atoms. The molecule has 0 aliphatic heterocycles. The second-order valence-corrected chi connectivity index (χ2v) is 5.28. The van der Waals surface area contributed by atoms with Gasteiger partial charge < -0.3 is 0 Å². The standard InChI is InChI=1S/C10H12BrN5/c1-10(2,3)9-14-7(11)4-8(15-9)16-6-12-5-13-16/h4-6H,1-3H3. The number of hydrogen-bond donors (Lipinski definition) is 0. The predicted molar refractivity (Wildman–Crippen MR) is 63.3 cm³/mol. The van der Waals surface area contributed by atoms with Crippen molar-refractivity contribution in [1.82, 2.24) is 24.7 Å². The van der Waals surface area contributed by atoms with E-state index in [0.717, 1.165) is 10.4 Å². The van der Waals surface area contributed by atoms with Gasteiger partial charge in [-0.15, -0.1) is 0 Å². The highest BCUT2D eigenvalue weighted by atomic mass is 79.9. The summed E-state index contributed by atoms with van der Waals surface area (Å²) in [5, 5.41) is 4.05. The summed E-state index contributed by atoms with van der Waals surface area (Å²) in [5.74, 6) is 1.48. The van der Waals surface area contributed by atoms with E-state index in [2.05, 4.69) is 56.8 Å². The SMILES string of the molecule is CC(C)(C)c1nc(Br)cc(-n2cncn2)n1. The highest BCUT2D eigenvalue weighted by Crippen LogP contribution is 2.21. The van der Waals surface area contributed by atoms with Crippen LogP contribution in [0.4, 0.5) is 0 Å². The van der Waals surface area contributed by atoms with Crippen LogP contribution in [-0.4, -0.2) is 24.7 Å². The molecule has 0 saturated carbocycles. The molecule has 6 heteroatoms. The van der Waals surface area contributed by atoms with E-state index >= 15 is 0 Å². The van der Waals surface area contributed by atoms with E-state index in [9.17, 15) is 0 Å². The van der Waals surface area contributed by atoms with E-state index < -0.39 is 0 Å². The summed E-state index contributed by atoms with van der Waals surface area (Å²) in [5.41, 5.74) is -0.0981. The van der Waals surface area contributed by atoms with Crippen LogP contribution in [0.5, 0.6) is 0 Å². The number of rotatable bonds is 1. The van der Waals surface area contributed by atoms with Crippen molar-refractivity contribution in [3.63, 3.8) is 0 Å². The molecule has 0 bridgehead atoms. The van der Waals surface area contributed by atoms with Crippen LogP contribution in [0.1, 0.15) is 26.6 Å². The third-order valence-corrected chi connectivity index (χ3v) is 2.41. The van der Waals surface area contributed by atoms with Gasteiger partial charge in [0.25, 0.3) is 0 Å². The molecule has 0 spiro atoms. The fourth-order valence-corrected chi connectivity index (χ4v) is 1.56. The Morgan fingerprint density at radius 3 is 2.56 bits per heavy atom. The predicted octanol–water partition coefficient (Wildman–Crippen LogP) is 2.12. The van der Waals surface area contributed by atoms with Gasteiger partial charge in [0.1, 0.15) is 23.1 Å². The molecule has 0 aromatic carbocycles. The Balaban J connectivity index is 2.53. The molecule has 0 saturated heterocycles. The summed E-state index contributed by atoms with van der Waals surface area (Å²) in [7, 11) is 0. The zero-order valence-electron chi connectivity index (χ0n) is 9.35. The third-order valence-electron chi connectivity index (χ3n) is 2.01. The Kier molecular flexibility index (Phi) is 2.75. The van der Waals surface area contributed by atoms with E-state index in [1.165, 1.54) is 6.33 Å². The van der Waals surface area contributed by atoms with Crippen molar-refractivity contribution in [1.29, 1.82) is 0 Å². The van der Waals surface area contributed by atoms with Crippen molar-refractivity contribution in [2.45, 2.75) is 26.2 Å². The third kappa shape index (κ3) is 2.27. The molecular weight excluding hydrogens is 270 g/mol. The molecule has 84 valence electrons. The molecule has 0 N–H and O–H groups in total. The maximum Gasteiger partial charge on any atom is 0.160 e. The van der Waals surface area contributed by atoms with Crippen molar-refractivity contribution in [2.75, 3.05) is 0 Å². The molecule has 0 aliphatic rings. The first-order valence-corrected chi connectivity index (χ1v) is 5.66. The normalized spacial score (nSPS) is 11.8. The first-order chi connectivity index (χ1) is 7.47. The van der Waals surface area contributed by atoms with E-state index in [1.54, 1.807) is 11.0 Å². The van der Waals surface area contributed by atoms with Gasteiger partial charge in [-0.05, 0) is 15.9 Å². The van der Waals surface area contributed by atoms with Crippen LogP contribution in [-0.2, 0) is 5.41 Å². The first kappa shape index (κ1) is 11.2. The van der Waals surface area contributed by atoms with E-state index in [4.69, 9.17) is 0 Å². The van der Waals surface area contributed by atoms with Crippen molar-refractivity contribution >= 4 is 15.9 Å². The van der Waals surface area contributed by atoms with Crippen molar-refractivity contribution in [2.24, 2.45) is 0 Å². The molecule has 0 fully saturated rings. The molecule has 0 unspecified atom stereocenters. The second kappa shape index (κ2) is 3.93. The zero-order valence-corrected chi connectivity index (χ0v) is 10.9. The average Bonchev–Trinajstić information content (AvgIpc) is 2.68. The monoisotopic (exact) mass is 281 g/mol. The average molecular weight is 282 g/mol. The molecule has 0 radical (unpaired) electrons. The number of nitrogens with zero attached hydrogens (tertiary/aromatic N) is 5. The lowest BCUT2D eigenvalue weighted by Gasteiger charge is -2.17. The van der Waals surface area contributed by atoms with Crippen molar-refractivity contribution < 1.29 is 0 Å². The van der Waals surface area contributed by atoms with Crippen LogP contribution in [0.3, 0.4) is 0 Å². The number of aromatic nitrogens is 5. The molecule has 2 heterocycles. The highest BCUT2D eigenvalue weighted by Gasteiger charge is 2.19. The minimum Gasteiger partial charge on any atom is -0.225 e. The Labute approximate surface area is 102 Å². The molecule has 0 atom stereocenters. The quantitative estimate of drug-likeness (QED) is 0.752. The summed E-state index contributed by atoms with van der Waals surface area (Å²) in [4.78, 5) is 12.7. The van der Waals surface area contributed by atoms with E-state index in [1.807, 2.05) is 6.07 Å². The fraction of sp³-hybridized carbons (Fsp3) is 0.400. The molecule has 2 aromatic rings. The summed E-state index contributed by atoms with van der Waals surface area (Å²) in [6.45, 7) is 6.21. The maximum atomic E-state index is 4.47. The van der Waals surface area contributed by atoms with Gasteiger partial charge in [0.2, 0.25) is 0 Å². The molecule has 0 amide bonds. The van der Waals surface area contributed by atoms with Crippen LogP contribution >= 0.6 is 15.9 Å². The van der Waals surface area contributed by atoms with Crippen LogP contribution in [0.2, 0.25) is 0 Å². The second-order valence-electron chi connectivity index (χ2n) is 4.46. The molecular formula is C10H12BrN5. The van der Waals surface area contributed by atoms with Gasteiger partial charge in [0.05, 0.1) is 0 Å². The zero-order chi connectivity index (χ0) is 11.8. The Hall–Kier alpha value is -1.30. The lowest BCUT2D eigenvalue weighted by Crippen LogP contribution is -2.17. The molecule has 2 aromatic heterocycles. The minimum absolute atomic E-state index is 0.0981. The highest BCUT2D eigenvalue weighted by molar-refractivity contribution is 9.10. The number of hydrogen-bond acceptors (Lipinski definition) is 4. The van der Waals surface area contributed by atoms with Gasteiger partial charge in [0.15, 0.2) is 5.82 Å². The summed E-state index contributed by atoms with van der Waals surface area (Å²) in [6, 6.07) is 1.81. The van der Waals surface area contributed by atoms with Crippen LogP contribution in [0.25, 0.3) is 5.82 Å². The van der Waals surface area contributed by atoms with Crippen LogP contribution in [0, 0.1) is 0 Å². The Morgan fingerprint density at radius 1 is 1.25 bits per heavy atom. The topological polar surface area (TPSA) is 56.5 Å². The van der Waals surface area contributed by atoms with Gasteiger partial charge in [-0.2, -0.15) is 5.10 Å². The van der Waals surface area contributed by atoms with E-state index in [0.29, 0.717) is 5.82 Å². The maximum absolute atomic E-state index is 4.47. The summed E-state index contributed by atoms with van der Waals surface area (Å²) in [6.07, 6.45) is 3.09. The molecule has 0 aliphatic carbocycles. The van der Waals surface area contributed by atoms with Gasteiger partial charge in [0, 0.05) is 11.5 Å². The Morgan fingerprint density at radius 2 is 2.00 bits per heavy atom. The summed E-state index contributed by atoms with van der Waals surface area (Å²) >= 11 is 3.38. The summed E-state index contributed by atoms with van der Waals surface area (Å²) < 4.78 is 2.36. The van der Waals surface area contributed by atoms with Gasteiger partial charge in [-0.3, -0.25) is 0 Å². The lowest BCUT2D eigenvalue weighted by molar-refractivity contribution is 0.540.